The van der Waals surface area contributed by atoms with Crippen molar-refractivity contribution in [2.75, 3.05) is 6.61 Å². The van der Waals surface area contributed by atoms with Crippen LogP contribution in [0.15, 0.2) is 0 Å². The first-order valence-corrected chi connectivity index (χ1v) is 7.12. The van der Waals surface area contributed by atoms with Gasteiger partial charge < -0.3 is 10.4 Å². The smallest absolute Gasteiger partial charge is 0.220 e. The third-order valence-electron chi connectivity index (χ3n) is 3.71. The predicted molar refractivity (Wildman–Crippen MR) is 69.7 cm³/mol. The van der Waals surface area contributed by atoms with Gasteiger partial charge in [-0.3, -0.25) is 4.79 Å². The van der Waals surface area contributed by atoms with Crippen LogP contribution in [0.5, 0.6) is 0 Å². The van der Waals surface area contributed by atoms with Gasteiger partial charge in [0.2, 0.25) is 5.91 Å². The molecule has 0 aromatic rings. The molecule has 1 atom stereocenters. The zero-order valence-electron chi connectivity index (χ0n) is 11.1. The lowest BCUT2D eigenvalue weighted by molar-refractivity contribution is -0.122. The number of nitrogens with one attached hydrogen (secondary N) is 1. The van der Waals surface area contributed by atoms with Gasteiger partial charge in [-0.2, -0.15) is 0 Å². The van der Waals surface area contributed by atoms with Crippen molar-refractivity contribution >= 4 is 5.91 Å². The molecular formula is C14H27NO2. The molecule has 3 nitrogen and oxygen atoms in total. The van der Waals surface area contributed by atoms with E-state index in [1.165, 1.54) is 32.1 Å². The highest BCUT2D eigenvalue weighted by molar-refractivity contribution is 5.76. The number of rotatable bonds is 7. The van der Waals surface area contributed by atoms with Gasteiger partial charge in [0.25, 0.3) is 0 Å². The van der Waals surface area contributed by atoms with E-state index in [1.807, 2.05) is 6.92 Å². The normalized spacial score (nSPS) is 18.9. The zero-order chi connectivity index (χ0) is 12.5. The van der Waals surface area contributed by atoms with Crippen molar-refractivity contribution in [2.45, 2.75) is 70.8 Å². The summed E-state index contributed by atoms with van der Waals surface area (Å²) >= 11 is 0. The second-order valence-corrected chi connectivity index (χ2v) is 5.38. The number of carbonyl (C=O) groups is 1. The lowest BCUT2D eigenvalue weighted by atomic mass is 9.86. The summed E-state index contributed by atoms with van der Waals surface area (Å²) in [6.07, 6.45) is 10.1. The van der Waals surface area contributed by atoms with Gasteiger partial charge in [0.05, 0.1) is 0 Å². The topological polar surface area (TPSA) is 49.3 Å². The first kappa shape index (κ1) is 14.5. The fourth-order valence-corrected chi connectivity index (χ4v) is 2.63. The zero-order valence-corrected chi connectivity index (χ0v) is 11.1. The van der Waals surface area contributed by atoms with Crippen molar-refractivity contribution in [1.82, 2.24) is 5.32 Å². The number of hydrogen-bond donors (Lipinski definition) is 2. The standard InChI is InChI=1S/C14H27NO2/c1-12(6-5-11-16)15-14(17)10-9-13-7-3-2-4-8-13/h12-13,16H,2-11H2,1H3,(H,15,17). The molecule has 100 valence electrons. The molecule has 1 saturated carbocycles. The Bertz CT molecular complexity index is 212. The van der Waals surface area contributed by atoms with Crippen molar-refractivity contribution in [3.8, 4) is 0 Å². The Morgan fingerprint density at radius 3 is 2.71 bits per heavy atom. The van der Waals surface area contributed by atoms with Gasteiger partial charge in [-0.15, -0.1) is 0 Å². The summed E-state index contributed by atoms with van der Waals surface area (Å²) in [5.74, 6) is 0.961. The van der Waals surface area contributed by atoms with Crippen LogP contribution in [-0.2, 0) is 4.79 Å². The first-order valence-electron chi connectivity index (χ1n) is 7.12. The van der Waals surface area contributed by atoms with Gasteiger partial charge in [0.1, 0.15) is 0 Å². The quantitative estimate of drug-likeness (QED) is 0.720. The van der Waals surface area contributed by atoms with E-state index in [4.69, 9.17) is 5.11 Å². The van der Waals surface area contributed by atoms with Gasteiger partial charge in [-0.25, -0.2) is 0 Å². The molecule has 1 aliphatic rings. The van der Waals surface area contributed by atoms with E-state index >= 15 is 0 Å². The maximum Gasteiger partial charge on any atom is 0.220 e. The highest BCUT2D eigenvalue weighted by Crippen LogP contribution is 2.27. The third kappa shape index (κ3) is 6.67. The van der Waals surface area contributed by atoms with Gasteiger partial charge in [0, 0.05) is 19.1 Å². The van der Waals surface area contributed by atoms with Crippen LogP contribution in [0.4, 0.5) is 0 Å². The third-order valence-corrected chi connectivity index (χ3v) is 3.71. The molecule has 1 rings (SSSR count). The number of aliphatic hydroxyl groups is 1. The summed E-state index contributed by atoms with van der Waals surface area (Å²) in [6.45, 7) is 2.22. The Labute approximate surface area is 105 Å². The number of carbonyl (C=O) groups excluding carboxylic acids is 1. The molecule has 1 unspecified atom stereocenters. The van der Waals surface area contributed by atoms with E-state index in [9.17, 15) is 4.79 Å². The largest absolute Gasteiger partial charge is 0.396 e. The minimum absolute atomic E-state index is 0.181. The van der Waals surface area contributed by atoms with Crippen molar-refractivity contribution in [3.05, 3.63) is 0 Å². The first-order chi connectivity index (χ1) is 8.22. The van der Waals surface area contributed by atoms with E-state index in [1.54, 1.807) is 0 Å². The Hall–Kier alpha value is -0.570. The van der Waals surface area contributed by atoms with E-state index in [0.717, 1.165) is 25.2 Å². The number of amides is 1. The Morgan fingerprint density at radius 2 is 2.06 bits per heavy atom. The van der Waals surface area contributed by atoms with Crippen LogP contribution in [0.2, 0.25) is 0 Å². The number of hydrogen-bond acceptors (Lipinski definition) is 2. The highest BCUT2D eigenvalue weighted by Gasteiger charge is 2.15. The average Bonchev–Trinajstić information content (AvgIpc) is 2.35. The van der Waals surface area contributed by atoms with Crippen molar-refractivity contribution in [1.29, 1.82) is 0 Å². The molecule has 3 heteroatoms. The van der Waals surface area contributed by atoms with E-state index in [0.29, 0.717) is 6.42 Å². The maximum atomic E-state index is 11.7. The van der Waals surface area contributed by atoms with E-state index in [2.05, 4.69) is 5.32 Å². The van der Waals surface area contributed by atoms with Crippen LogP contribution in [0.1, 0.15) is 64.7 Å². The van der Waals surface area contributed by atoms with Gasteiger partial charge in [0.15, 0.2) is 0 Å². The molecule has 17 heavy (non-hydrogen) atoms. The van der Waals surface area contributed by atoms with Gasteiger partial charge in [-0.1, -0.05) is 32.1 Å². The SMILES string of the molecule is CC(CCCO)NC(=O)CCC1CCCCC1. The minimum Gasteiger partial charge on any atom is -0.396 e. The molecule has 1 aliphatic carbocycles. The molecule has 0 spiro atoms. The monoisotopic (exact) mass is 241 g/mol. The summed E-state index contributed by atoms with van der Waals surface area (Å²) < 4.78 is 0. The molecule has 0 aliphatic heterocycles. The second-order valence-electron chi connectivity index (χ2n) is 5.38. The molecule has 0 saturated heterocycles. The summed E-state index contributed by atoms with van der Waals surface area (Å²) in [4.78, 5) is 11.7. The molecule has 0 heterocycles. The molecule has 1 amide bonds. The highest BCUT2D eigenvalue weighted by atomic mass is 16.2. The van der Waals surface area contributed by atoms with Crippen molar-refractivity contribution < 1.29 is 9.90 Å². The van der Waals surface area contributed by atoms with Crippen molar-refractivity contribution in [2.24, 2.45) is 5.92 Å². The van der Waals surface area contributed by atoms with Gasteiger partial charge >= 0.3 is 0 Å². The summed E-state index contributed by atoms with van der Waals surface area (Å²) in [6, 6.07) is 0.195. The van der Waals surface area contributed by atoms with Crippen LogP contribution >= 0.6 is 0 Å². The van der Waals surface area contributed by atoms with Gasteiger partial charge in [-0.05, 0) is 32.1 Å². The molecular weight excluding hydrogens is 214 g/mol. The second kappa shape index (κ2) is 8.51. The van der Waals surface area contributed by atoms with E-state index in [-0.39, 0.29) is 18.6 Å². The maximum absolute atomic E-state index is 11.7. The van der Waals surface area contributed by atoms with Crippen LogP contribution in [0, 0.1) is 5.92 Å². The number of aliphatic hydroxyl groups excluding tert-OH is 1. The molecule has 1 fully saturated rings. The lowest BCUT2D eigenvalue weighted by Gasteiger charge is -2.21. The van der Waals surface area contributed by atoms with E-state index < -0.39 is 0 Å². The van der Waals surface area contributed by atoms with Crippen LogP contribution in [0.25, 0.3) is 0 Å². The summed E-state index contributed by atoms with van der Waals surface area (Å²) in [7, 11) is 0. The molecule has 0 aromatic heterocycles. The van der Waals surface area contributed by atoms with Crippen LogP contribution in [0.3, 0.4) is 0 Å². The minimum atomic E-state index is 0.181. The summed E-state index contributed by atoms with van der Waals surface area (Å²) in [5.41, 5.74) is 0. The Kier molecular flexibility index (Phi) is 7.25. The molecule has 0 radical (unpaired) electrons. The van der Waals surface area contributed by atoms with Crippen molar-refractivity contribution in [3.63, 3.8) is 0 Å². The fraction of sp³-hybridized carbons (Fsp3) is 0.929. The van der Waals surface area contributed by atoms with Crippen LogP contribution < -0.4 is 5.32 Å². The molecule has 0 bridgehead atoms. The molecule has 2 N–H and O–H groups in total. The average molecular weight is 241 g/mol. The Morgan fingerprint density at radius 1 is 1.35 bits per heavy atom. The lowest BCUT2D eigenvalue weighted by Crippen LogP contribution is -2.32. The molecule has 0 aromatic carbocycles. The summed E-state index contributed by atoms with van der Waals surface area (Å²) in [5, 5.41) is 11.7. The van der Waals surface area contributed by atoms with Crippen LogP contribution in [-0.4, -0.2) is 23.7 Å². The fourth-order valence-electron chi connectivity index (χ4n) is 2.63. The predicted octanol–water partition coefficient (Wildman–Crippen LogP) is 2.62. The Balaban J connectivity index is 2.07.